The zero-order valence-corrected chi connectivity index (χ0v) is 12.4. The van der Waals surface area contributed by atoms with Crippen LogP contribution in [0.25, 0.3) is 11.1 Å². The Hall–Kier alpha value is -1.12. The van der Waals surface area contributed by atoms with Crippen molar-refractivity contribution in [1.29, 1.82) is 0 Å². The van der Waals surface area contributed by atoms with E-state index in [0.29, 0.717) is 6.04 Å². The SMILES string of the molecule is CC(C)NCc1ccc(-c2ccc(Br)cc2)cc1. The summed E-state index contributed by atoms with van der Waals surface area (Å²) < 4.78 is 1.11. The molecule has 0 atom stereocenters. The molecule has 0 heterocycles. The van der Waals surface area contributed by atoms with Gasteiger partial charge in [0.05, 0.1) is 0 Å². The quantitative estimate of drug-likeness (QED) is 0.869. The van der Waals surface area contributed by atoms with Crippen LogP contribution in [-0.4, -0.2) is 6.04 Å². The molecule has 2 rings (SSSR count). The second-order valence-corrected chi connectivity index (χ2v) is 5.66. The molecule has 0 aliphatic rings. The van der Waals surface area contributed by atoms with Crippen LogP contribution in [0.15, 0.2) is 53.0 Å². The first-order valence-electron chi connectivity index (χ1n) is 6.23. The van der Waals surface area contributed by atoms with Gasteiger partial charge in [-0.15, -0.1) is 0 Å². The maximum Gasteiger partial charge on any atom is 0.0207 e. The summed E-state index contributed by atoms with van der Waals surface area (Å²) in [5.41, 5.74) is 3.84. The molecule has 0 aliphatic heterocycles. The molecule has 2 aromatic carbocycles. The van der Waals surface area contributed by atoms with Crippen LogP contribution in [0.1, 0.15) is 19.4 Å². The molecule has 18 heavy (non-hydrogen) atoms. The van der Waals surface area contributed by atoms with Gasteiger partial charge in [0, 0.05) is 17.1 Å². The minimum Gasteiger partial charge on any atom is -0.310 e. The van der Waals surface area contributed by atoms with E-state index >= 15 is 0 Å². The highest BCUT2D eigenvalue weighted by Gasteiger charge is 1.99. The first-order chi connectivity index (χ1) is 8.65. The predicted octanol–water partition coefficient (Wildman–Crippen LogP) is 4.61. The summed E-state index contributed by atoms with van der Waals surface area (Å²) in [6, 6.07) is 17.7. The molecule has 0 aromatic heterocycles. The average molecular weight is 304 g/mol. The van der Waals surface area contributed by atoms with Crippen molar-refractivity contribution in [3.05, 3.63) is 58.6 Å². The van der Waals surface area contributed by atoms with Crippen LogP contribution in [0.4, 0.5) is 0 Å². The fourth-order valence-corrected chi connectivity index (χ4v) is 2.04. The summed E-state index contributed by atoms with van der Waals surface area (Å²) in [5.74, 6) is 0. The van der Waals surface area contributed by atoms with Gasteiger partial charge in [-0.25, -0.2) is 0 Å². The van der Waals surface area contributed by atoms with Gasteiger partial charge < -0.3 is 5.32 Å². The Balaban J connectivity index is 2.09. The highest BCUT2D eigenvalue weighted by molar-refractivity contribution is 9.10. The van der Waals surface area contributed by atoms with Gasteiger partial charge in [0.2, 0.25) is 0 Å². The summed E-state index contributed by atoms with van der Waals surface area (Å²) in [7, 11) is 0. The van der Waals surface area contributed by atoms with Crippen LogP contribution >= 0.6 is 15.9 Å². The summed E-state index contributed by atoms with van der Waals surface area (Å²) in [6.45, 7) is 5.25. The molecule has 0 unspecified atom stereocenters. The van der Waals surface area contributed by atoms with Crippen molar-refractivity contribution in [1.82, 2.24) is 5.32 Å². The van der Waals surface area contributed by atoms with Crippen molar-refractivity contribution >= 4 is 15.9 Å². The number of hydrogen-bond acceptors (Lipinski definition) is 1. The summed E-state index contributed by atoms with van der Waals surface area (Å²) >= 11 is 3.46. The second kappa shape index (κ2) is 6.17. The van der Waals surface area contributed by atoms with Crippen molar-refractivity contribution in [2.45, 2.75) is 26.4 Å². The zero-order chi connectivity index (χ0) is 13.0. The molecule has 2 heteroatoms. The molecule has 94 valence electrons. The van der Waals surface area contributed by atoms with Crippen LogP contribution in [0.3, 0.4) is 0 Å². The van der Waals surface area contributed by atoms with E-state index in [9.17, 15) is 0 Å². The van der Waals surface area contributed by atoms with E-state index in [0.717, 1.165) is 11.0 Å². The lowest BCUT2D eigenvalue weighted by molar-refractivity contribution is 0.589. The highest BCUT2D eigenvalue weighted by atomic mass is 79.9. The van der Waals surface area contributed by atoms with Gasteiger partial charge in [-0.2, -0.15) is 0 Å². The number of hydrogen-bond donors (Lipinski definition) is 1. The van der Waals surface area contributed by atoms with Crippen molar-refractivity contribution in [3.63, 3.8) is 0 Å². The minimum absolute atomic E-state index is 0.524. The molecule has 0 amide bonds. The van der Waals surface area contributed by atoms with Crippen molar-refractivity contribution < 1.29 is 0 Å². The van der Waals surface area contributed by atoms with Gasteiger partial charge in [-0.05, 0) is 28.8 Å². The molecule has 2 aromatic rings. The molecule has 1 N–H and O–H groups in total. The first kappa shape index (κ1) is 13.3. The van der Waals surface area contributed by atoms with E-state index in [4.69, 9.17) is 0 Å². The number of benzene rings is 2. The maximum atomic E-state index is 3.46. The summed E-state index contributed by atoms with van der Waals surface area (Å²) in [6.07, 6.45) is 0. The molecular formula is C16H18BrN. The summed E-state index contributed by atoms with van der Waals surface area (Å²) in [5, 5.41) is 3.42. The predicted molar refractivity (Wildman–Crippen MR) is 81.6 cm³/mol. The van der Waals surface area contributed by atoms with E-state index in [2.05, 4.69) is 83.6 Å². The molecular weight excluding hydrogens is 286 g/mol. The molecule has 1 nitrogen and oxygen atoms in total. The lowest BCUT2D eigenvalue weighted by Crippen LogP contribution is -2.21. The summed E-state index contributed by atoms with van der Waals surface area (Å²) in [4.78, 5) is 0. The minimum atomic E-state index is 0.524. The Kier molecular flexibility index (Phi) is 4.56. The molecule has 0 aliphatic carbocycles. The van der Waals surface area contributed by atoms with Gasteiger partial charge in [0.15, 0.2) is 0 Å². The Morgan fingerprint density at radius 1 is 0.889 bits per heavy atom. The normalized spacial score (nSPS) is 10.9. The van der Waals surface area contributed by atoms with Crippen LogP contribution in [0.5, 0.6) is 0 Å². The third-order valence-corrected chi connectivity index (χ3v) is 3.37. The monoisotopic (exact) mass is 303 g/mol. The smallest absolute Gasteiger partial charge is 0.0207 e. The lowest BCUT2D eigenvalue weighted by atomic mass is 10.0. The van der Waals surface area contributed by atoms with E-state index in [1.54, 1.807) is 0 Å². The topological polar surface area (TPSA) is 12.0 Å². The fraction of sp³-hybridized carbons (Fsp3) is 0.250. The van der Waals surface area contributed by atoms with Crippen LogP contribution in [-0.2, 0) is 6.54 Å². The molecule has 0 spiro atoms. The second-order valence-electron chi connectivity index (χ2n) is 4.74. The van der Waals surface area contributed by atoms with E-state index in [1.807, 2.05) is 0 Å². The average Bonchev–Trinajstić information content (AvgIpc) is 2.38. The fourth-order valence-electron chi connectivity index (χ4n) is 1.78. The van der Waals surface area contributed by atoms with Crippen molar-refractivity contribution in [2.24, 2.45) is 0 Å². The van der Waals surface area contributed by atoms with Crippen molar-refractivity contribution in [2.75, 3.05) is 0 Å². The van der Waals surface area contributed by atoms with E-state index in [1.165, 1.54) is 16.7 Å². The molecule has 0 saturated carbocycles. The van der Waals surface area contributed by atoms with Gasteiger partial charge >= 0.3 is 0 Å². The molecule has 0 saturated heterocycles. The lowest BCUT2D eigenvalue weighted by Gasteiger charge is -2.09. The Morgan fingerprint density at radius 2 is 1.39 bits per heavy atom. The largest absolute Gasteiger partial charge is 0.310 e. The number of nitrogens with one attached hydrogen (secondary N) is 1. The van der Waals surface area contributed by atoms with Crippen LogP contribution < -0.4 is 5.32 Å². The Bertz CT molecular complexity index is 486. The molecule has 0 radical (unpaired) electrons. The standard InChI is InChI=1S/C16H18BrN/c1-12(2)18-11-13-3-5-14(6-4-13)15-7-9-16(17)10-8-15/h3-10,12,18H,11H2,1-2H3. The van der Waals surface area contributed by atoms with Gasteiger partial charge in [0.25, 0.3) is 0 Å². The molecule has 0 fully saturated rings. The number of halogens is 1. The van der Waals surface area contributed by atoms with Crippen molar-refractivity contribution in [3.8, 4) is 11.1 Å². The highest BCUT2D eigenvalue weighted by Crippen LogP contribution is 2.22. The third kappa shape index (κ3) is 3.69. The third-order valence-electron chi connectivity index (χ3n) is 2.85. The van der Waals surface area contributed by atoms with E-state index in [-0.39, 0.29) is 0 Å². The Morgan fingerprint density at radius 3 is 1.89 bits per heavy atom. The van der Waals surface area contributed by atoms with E-state index < -0.39 is 0 Å². The first-order valence-corrected chi connectivity index (χ1v) is 7.03. The van der Waals surface area contributed by atoms with Crippen LogP contribution in [0.2, 0.25) is 0 Å². The Labute approximate surface area is 117 Å². The maximum absolute atomic E-state index is 3.46. The number of rotatable bonds is 4. The van der Waals surface area contributed by atoms with Gasteiger partial charge in [-0.1, -0.05) is 66.2 Å². The van der Waals surface area contributed by atoms with Gasteiger partial charge in [0.1, 0.15) is 0 Å². The van der Waals surface area contributed by atoms with Crippen LogP contribution in [0, 0.1) is 0 Å². The zero-order valence-electron chi connectivity index (χ0n) is 10.8. The van der Waals surface area contributed by atoms with Gasteiger partial charge in [-0.3, -0.25) is 0 Å². The molecule has 0 bridgehead atoms.